The maximum absolute atomic E-state index is 13.8. The Labute approximate surface area is 151 Å². The molecule has 180 valence electrons. The minimum Gasteiger partial charge on any atom is -0.282 e. The number of morpholine rings is 1. The van der Waals surface area contributed by atoms with E-state index in [1.807, 2.05) is 0 Å². The van der Waals surface area contributed by atoms with E-state index in [-0.39, 0.29) is 0 Å². The minimum atomic E-state index is -7.96. The first kappa shape index (κ1) is 26.7. The molecule has 0 bridgehead atoms. The van der Waals surface area contributed by atoms with Crippen LogP contribution in [0, 0.1) is 0 Å². The van der Waals surface area contributed by atoms with Crippen LogP contribution < -0.4 is 0 Å². The molecule has 0 aromatic carbocycles. The molecule has 0 aromatic heterocycles. The average Bonchev–Trinajstić information content (AvgIpc) is 2.40. The van der Waals surface area contributed by atoms with E-state index < -0.39 is 65.9 Å². The van der Waals surface area contributed by atoms with Gasteiger partial charge in [-0.3, -0.25) is 4.74 Å². The van der Waals surface area contributed by atoms with Gasteiger partial charge in [-0.2, -0.15) is 74.6 Å². The molecule has 30 heavy (non-hydrogen) atoms. The summed E-state index contributed by atoms with van der Waals surface area (Å²) in [6.45, 7) is -1.56. The summed E-state index contributed by atoms with van der Waals surface area (Å²) in [4.78, 5) is -4.43. The third kappa shape index (κ3) is 2.99. The Bertz CT molecular complexity index is 625. The molecule has 1 fully saturated rings. The first-order valence-electron chi connectivity index (χ1n) is 6.48. The lowest BCUT2D eigenvalue weighted by molar-refractivity contribution is -0.602. The van der Waals surface area contributed by atoms with Crippen LogP contribution in [-0.4, -0.2) is 58.9 Å². The van der Waals surface area contributed by atoms with Crippen molar-refractivity contribution in [2.24, 2.45) is 0 Å². The molecule has 3 atom stereocenters. The second-order valence-corrected chi connectivity index (χ2v) is 5.75. The monoisotopic (exact) mass is 495 g/mol. The summed E-state index contributed by atoms with van der Waals surface area (Å²) in [5.74, 6) is -15.5. The van der Waals surface area contributed by atoms with E-state index in [1.54, 1.807) is 4.74 Å². The molecule has 1 aliphatic rings. The van der Waals surface area contributed by atoms with E-state index in [2.05, 4.69) is 0 Å². The van der Waals surface area contributed by atoms with Gasteiger partial charge in [0.25, 0.3) is 5.67 Å². The summed E-state index contributed by atoms with van der Waals surface area (Å²) in [6, 6.07) is -23.8. The maximum atomic E-state index is 13.8. The molecule has 3 unspecified atom stereocenters. The third-order valence-corrected chi connectivity index (χ3v) is 3.72. The van der Waals surface area contributed by atoms with Gasteiger partial charge >= 0.3 is 48.4 Å². The van der Waals surface area contributed by atoms with Crippen molar-refractivity contribution in [3.05, 3.63) is 0 Å². The van der Waals surface area contributed by atoms with Crippen LogP contribution >= 0.6 is 0 Å². The van der Waals surface area contributed by atoms with Gasteiger partial charge in [0.15, 0.2) is 0 Å². The number of hydrogen-bond acceptors (Lipinski definition) is 2. The van der Waals surface area contributed by atoms with Crippen LogP contribution in [0.25, 0.3) is 0 Å². The van der Waals surface area contributed by atoms with E-state index in [1.165, 1.54) is 0 Å². The normalized spacial score (nSPS) is 33.3. The first-order chi connectivity index (χ1) is 12.6. The number of rotatable bonds is 2. The maximum Gasteiger partial charge on any atom is 0.456 e. The van der Waals surface area contributed by atoms with Crippen LogP contribution in [0.1, 0.15) is 6.92 Å². The van der Waals surface area contributed by atoms with Gasteiger partial charge in [0.05, 0.1) is 0 Å². The molecule has 20 heteroatoms. The first-order valence-corrected chi connectivity index (χ1v) is 6.48. The van der Waals surface area contributed by atoms with Crippen LogP contribution in [0.15, 0.2) is 0 Å². The van der Waals surface area contributed by atoms with E-state index in [0.29, 0.717) is 0 Å². The quantitative estimate of drug-likeness (QED) is 0.353. The van der Waals surface area contributed by atoms with Gasteiger partial charge in [0.1, 0.15) is 0 Å². The Hall–Kier alpha value is -1.34. The molecule has 1 saturated heterocycles. The van der Waals surface area contributed by atoms with Crippen molar-refractivity contribution in [3.8, 4) is 0 Å². The molecule has 0 aromatic rings. The van der Waals surface area contributed by atoms with Gasteiger partial charge in [0, 0.05) is 0 Å². The summed E-state index contributed by atoms with van der Waals surface area (Å²) in [6.07, 6.45) is -22.8. The van der Waals surface area contributed by atoms with Crippen molar-refractivity contribution in [3.63, 3.8) is 0 Å². The minimum absolute atomic E-state index is 1.56. The molecule has 0 amide bonds. The lowest BCUT2D eigenvalue weighted by atomic mass is 9.98. The van der Waals surface area contributed by atoms with Crippen LogP contribution in [0.3, 0.4) is 0 Å². The van der Waals surface area contributed by atoms with Gasteiger partial charge in [0.2, 0.25) is 0 Å². The zero-order valence-corrected chi connectivity index (χ0v) is 13.2. The van der Waals surface area contributed by atoms with E-state index in [0.717, 1.165) is 0 Å². The fourth-order valence-corrected chi connectivity index (χ4v) is 1.97. The van der Waals surface area contributed by atoms with Gasteiger partial charge in [-0.15, -0.1) is 4.90 Å². The molecule has 1 heterocycles. The topological polar surface area (TPSA) is 12.5 Å². The largest absolute Gasteiger partial charge is 0.456 e. The predicted octanol–water partition coefficient (Wildman–Crippen LogP) is 5.84. The van der Waals surface area contributed by atoms with Crippen LogP contribution in [0.4, 0.5) is 79.0 Å². The Morgan fingerprint density at radius 1 is 0.567 bits per heavy atom. The number of ether oxygens (including phenoxy) is 1. The fraction of sp³-hybridized carbons (Fsp3) is 1.00. The Kier molecular flexibility index (Phi) is 5.45. The summed E-state index contributed by atoms with van der Waals surface area (Å²) in [5.41, 5.74) is -6.80. The number of halogens is 18. The van der Waals surface area contributed by atoms with Crippen molar-refractivity contribution in [2.45, 2.75) is 61.0 Å². The average molecular weight is 495 g/mol. The van der Waals surface area contributed by atoms with Gasteiger partial charge in [-0.1, -0.05) is 0 Å². The van der Waals surface area contributed by atoms with Crippen LogP contribution in [0.2, 0.25) is 0 Å². The summed E-state index contributed by atoms with van der Waals surface area (Å²) in [5, 5.41) is 0. The molecule has 1 aliphatic heterocycles. The molecule has 0 spiro atoms. The van der Waals surface area contributed by atoms with Crippen LogP contribution in [0.5, 0.6) is 0 Å². The highest BCUT2D eigenvalue weighted by Gasteiger charge is 2.96. The van der Waals surface area contributed by atoms with Crippen molar-refractivity contribution in [2.75, 3.05) is 0 Å². The molecule has 1 rings (SSSR count). The smallest absolute Gasteiger partial charge is 0.282 e. The number of hydrogen-bond donors (Lipinski definition) is 0. The van der Waals surface area contributed by atoms with Crippen molar-refractivity contribution in [1.82, 2.24) is 4.90 Å². The number of alkyl halides is 18. The van der Waals surface area contributed by atoms with Gasteiger partial charge in [-0.05, 0) is 6.92 Å². The molecule has 0 saturated carbocycles. The molecular formula is C10H3F18NO. The van der Waals surface area contributed by atoms with E-state index in [4.69, 9.17) is 0 Å². The fourth-order valence-electron chi connectivity index (χ4n) is 1.97. The predicted molar refractivity (Wildman–Crippen MR) is 53.1 cm³/mol. The lowest BCUT2D eigenvalue weighted by Crippen LogP contribution is -2.86. The van der Waals surface area contributed by atoms with Crippen LogP contribution in [-0.2, 0) is 4.74 Å². The van der Waals surface area contributed by atoms with Crippen molar-refractivity contribution < 1.29 is 83.8 Å². The Morgan fingerprint density at radius 3 is 1.03 bits per heavy atom. The summed E-state index contributed by atoms with van der Waals surface area (Å²) < 4.78 is 238. The third-order valence-electron chi connectivity index (χ3n) is 3.72. The molecule has 2 nitrogen and oxygen atoms in total. The summed E-state index contributed by atoms with van der Waals surface area (Å²) >= 11 is 0. The number of nitrogens with zero attached hydrogens (tertiary/aromatic N) is 1. The van der Waals surface area contributed by atoms with Gasteiger partial charge < -0.3 is 0 Å². The van der Waals surface area contributed by atoms with Crippen molar-refractivity contribution >= 4 is 0 Å². The Morgan fingerprint density at radius 2 is 0.833 bits per heavy atom. The molecular weight excluding hydrogens is 492 g/mol. The highest BCUT2D eigenvalue weighted by Crippen LogP contribution is 2.66. The standard InChI is InChI=1S/C10H3F18NO/c1-2(11,5(14,15)16)8(23,24)29-9(25,26)3(12,6(17,18)19)30-4(13,7(20,21)22)10(29,27)28/h1H3. The molecule has 0 aliphatic carbocycles. The highest BCUT2D eigenvalue weighted by molar-refractivity contribution is 5.12. The van der Waals surface area contributed by atoms with Crippen molar-refractivity contribution in [1.29, 1.82) is 0 Å². The SMILES string of the molecule is CC(F)(C(F)(F)F)C(F)(F)N1C(F)(F)C(F)(C(F)(F)F)OC(F)(C(F)(F)F)C1(F)F. The zero-order valence-electron chi connectivity index (χ0n) is 13.2. The Balaban J connectivity index is 4.11. The van der Waals surface area contributed by atoms with Gasteiger partial charge in [-0.25, -0.2) is 4.39 Å². The van der Waals surface area contributed by atoms with E-state index in [9.17, 15) is 79.0 Å². The molecule has 0 radical (unpaired) electrons. The lowest BCUT2D eigenvalue weighted by Gasteiger charge is -2.55. The zero-order chi connectivity index (χ0) is 24.8. The highest BCUT2D eigenvalue weighted by atomic mass is 19.4. The summed E-state index contributed by atoms with van der Waals surface area (Å²) in [7, 11) is 0. The molecule has 0 N–H and O–H groups in total. The second-order valence-electron chi connectivity index (χ2n) is 5.75. The van der Waals surface area contributed by atoms with E-state index >= 15 is 0 Å². The second kappa shape index (κ2) is 6.12.